The van der Waals surface area contributed by atoms with E-state index in [0.29, 0.717) is 34.3 Å². The van der Waals surface area contributed by atoms with Gasteiger partial charge in [-0.25, -0.2) is 4.98 Å². The van der Waals surface area contributed by atoms with Gasteiger partial charge < -0.3 is 24.3 Å². The molecular weight excluding hydrogens is 320 g/mol. The summed E-state index contributed by atoms with van der Waals surface area (Å²) in [5.74, 6) is 2.15. The van der Waals surface area contributed by atoms with E-state index in [0.717, 1.165) is 5.56 Å². The Labute approximate surface area is 146 Å². The number of aromatic nitrogens is 2. The fraction of sp³-hybridized carbons (Fsp3) is 0.211. The summed E-state index contributed by atoms with van der Waals surface area (Å²) in [7, 11) is 4.62. The van der Waals surface area contributed by atoms with Crippen LogP contribution < -0.4 is 14.2 Å². The maximum Gasteiger partial charge on any atom is 0.203 e. The lowest BCUT2D eigenvalue weighted by Crippen LogP contribution is -2.03. The molecule has 1 atom stereocenters. The Hall–Kier alpha value is -2.99. The third kappa shape index (κ3) is 3.29. The molecule has 0 saturated heterocycles. The number of H-pyrrole nitrogens is 1. The third-order valence-electron chi connectivity index (χ3n) is 3.94. The van der Waals surface area contributed by atoms with Gasteiger partial charge >= 0.3 is 0 Å². The Morgan fingerprint density at radius 1 is 0.960 bits per heavy atom. The Morgan fingerprint density at radius 2 is 1.60 bits per heavy atom. The quantitative estimate of drug-likeness (QED) is 0.721. The number of hydrogen-bond acceptors (Lipinski definition) is 5. The monoisotopic (exact) mass is 340 g/mol. The number of methoxy groups -OCH3 is 3. The lowest BCUT2D eigenvalue weighted by atomic mass is 10.1. The molecule has 1 aromatic heterocycles. The van der Waals surface area contributed by atoms with Crippen LogP contribution in [0.2, 0.25) is 0 Å². The first kappa shape index (κ1) is 16.9. The summed E-state index contributed by atoms with van der Waals surface area (Å²) < 4.78 is 16.0. The van der Waals surface area contributed by atoms with Gasteiger partial charge in [0.25, 0.3) is 0 Å². The second-order valence-electron chi connectivity index (χ2n) is 5.41. The van der Waals surface area contributed by atoms with Crippen molar-refractivity contribution in [1.82, 2.24) is 9.97 Å². The van der Waals surface area contributed by atoms with Gasteiger partial charge in [0.2, 0.25) is 5.75 Å². The van der Waals surface area contributed by atoms with Gasteiger partial charge in [0.05, 0.1) is 33.2 Å². The molecule has 2 N–H and O–H groups in total. The summed E-state index contributed by atoms with van der Waals surface area (Å²) in [4.78, 5) is 7.51. The summed E-state index contributed by atoms with van der Waals surface area (Å²) in [6, 6.07) is 13.2. The van der Waals surface area contributed by atoms with E-state index in [9.17, 15) is 5.11 Å². The van der Waals surface area contributed by atoms with Crippen molar-refractivity contribution in [1.29, 1.82) is 0 Å². The highest BCUT2D eigenvalue weighted by Crippen LogP contribution is 2.40. The number of ether oxygens (including phenoxy) is 3. The molecule has 0 radical (unpaired) electrons. The summed E-state index contributed by atoms with van der Waals surface area (Å²) in [6.07, 6.45) is 0.717. The number of aromatic amines is 1. The van der Waals surface area contributed by atoms with Crippen molar-refractivity contribution in [2.45, 2.75) is 6.10 Å². The average Bonchev–Trinajstić information content (AvgIpc) is 3.17. The molecular formula is C19H20N2O4. The smallest absolute Gasteiger partial charge is 0.203 e. The van der Waals surface area contributed by atoms with Gasteiger partial charge in [-0.2, -0.15) is 0 Å². The van der Waals surface area contributed by atoms with Crippen LogP contribution in [0.5, 0.6) is 17.2 Å². The van der Waals surface area contributed by atoms with Crippen molar-refractivity contribution in [3.8, 4) is 28.6 Å². The van der Waals surface area contributed by atoms with Crippen molar-refractivity contribution < 1.29 is 19.3 Å². The molecule has 2 aromatic carbocycles. The topological polar surface area (TPSA) is 76.6 Å². The third-order valence-corrected chi connectivity index (χ3v) is 3.94. The van der Waals surface area contributed by atoms with Gasteiger partial charge in [0, 0.05) is 5.56 Å². The molecule has 25 heavy (non-hydrogen) atoms. The fourth-order valence-electron chi connectivity index (χ4n) is 2.66. The van der Waals surface area contributed by atoms with Crippen molar-refractivity contribution >= 4 is 0 Å². The Morgan fingerprint density at radius 3 is 2.16 bits per heavy atom. The van der Waals surface area contributed by atoms with Gasteiger partial charge in [-0.05, 0) is 17.7 Å². The zero-order valence-corrected chi connectivity index (χ0v) is 14.3. The first-order valence-electron chi connectivity index (χ1n) is 7.76. The number of imidazole rings is 1. The molecule has 6 heteroatoms. The highest BCUT2D eigenvalue weighted by molar-refractivity contribution is 5.57. The van der Waals surface area contributed by atoms with Crippen molar-refractivity contribution in [3.63, 3.8) is 0 Å². The molecule has 0 amide bonds. The van der Waals surface area contributed by atoms with E-state index in [1.165, 1.54) is 21.3 Å². The second kappa shape index (κ2) is 7.27. The average molecular weight is 340 g/mol. The van der Waals surface area contributed by atoms with E-state index in [2.05, 4.69) is 9.97 Å². The first-order valence-corrected chi connectivity index (χ1v) is 7.76. The lowest BCUT2D eigenvalue weighted by Gasteiger charge is -2.16. The van der Waals surface area contributed by atoms with Gasteiger partial charge in [-0.1, -0.05) is 30.3 Å². The molecule has 0 fully saturated rings. The summed E-state index contributed by atoms with van der Waals surface area (Å²) in [5.41, 5.74) is 2.14. The highest BCUT2D eigenvalue weighted by Gasteiger charge is 2.20. The molecule has 0 spiro atoms. The molecule has 0 aliphatic carbocycles. The van der Waals surface area contributed by atoms with Crippen LogP contribution in [0.25, 0.3) is 11.4 Å². The molecule has 0 bridgehead atoms. The summed E-state index contributed by atoms with van der Waals surface area (Å²) >= 11 is 0. The van der Waals surface area contributed by atoms with Gasteiger partial charge in [-0.3, -0.25) is 0 Å². The van der Waals surface area contributed by atoms with Crippen LogP contribution in [0.4, 0.5) is 0 Å². The minimum Gasteiger partial charge on any atom is -0.493 e. The molecule has 3 aromatic rings. The van der Waals surface area contributed by atoms with Crippen LogP contribution in [0.3, 0.4) is 0 Å². The molecule has 1 heterocycles. The van der Waals surface area contributed by atoms with Crippen LogP contribution in [-0.2, 0) is 0 Å². The van der Waals surface area contributed by atoms with Crippen molar-refractivity contribution in [2.24, 2.45) is 0 Å². The van der Waals surface area contributed by atoms with Crippen molar-refractivity contribution in [3.05, 3.63) is 59.9 Å². The van der Waals surface area contributed by atoms with Crippen LogP contribution >= 0.6 is 0 Å². The highest BCUT2D eigenvalue weighted by atomic mass is 16.5. The van der Waals surface area contributed by atoms with Gasteiger partial charge in [0.15, 0.2) is 11.5 Å². The number of benzene rings is 2. The minimum absolute atomic E-state index is 0.482. The number of rotatable bonds is 6. The Bertz CT molecular complexity index is 821. The van der Waals surface area contributed by atoms with E-state index in [1.54, 1.807) is 18.3 Å². The summed E-state index contributed by atoms with van der Waals surface area (Å²) in [6.45, 7) is 0. The van der Waals surface area contributed by atoms with E-state index < -0.39 is 6.10 Å². The normalized spacial score (nSPS) is 11.8. The van der Waals surface area contributed by atoms with Crippen LogP contribution in [-0.4, -0.2) is 36.4 Å². The van der Waals surface area contributed by atoms with Crippen LogP contribution in [0, 0.1) is 0 Å². The van der Waals surface area contributed by atoms with E-state index in [1.807, 2.05) is 30.3 Å². The predicted octanol–water partition coefficient (Wildman–Crippen LogP) is 3.18. The largest absolute Gasteiger partial charge is 0.493 e. The molecule has 0 saturated carbocycles. The maximum absolute atomic E-state index is 10.7. The fourth-order valence-corrected chi connectivity index (χ4v) is 2.66. The van der Waals surface area contributed by atoms with Crippen LogP contribution in [0.1, 0.15) is 17.4 Å². The van der Waals surface area contributed by atoms with Crippen molar-refractivity contribution in [2.75, 3.05) is 21.3 Å². The SMILES string of the molecule is COc1cc(C(O)c2cnc(-c3ccccc3)[nH]2)cc(OC)c1OC. The zero-order valence-electron chi connectivity index (χ0n) is 14.3. The zero-order chi connectivity index (χ0) is 17.8. The maximum atomic E-state index is 10.7. The number of aliphatic hydroxyl groups excluding tert-OH is 1. The molecule has 1 unspecified atom stereocenters. The molecule has 0 aliphatic heterocycles. The lowest BCUT2D eigenvalue weighted by molar-refractivity contribution is 0.214. The summed E-state index contributed by atoms with van der Waals surface area (Å²) in [5, 5.41) is 10.7. The Balaban J connectivity index is 1.96. The number of aliphatic hydroxyl groups is 1. The van der Waals surface area contributed by atoms with E-state index in [4.69, 9.17) is 14.2 Å². The molecule has 6 nitrogen and oxygen atoms in total. The Kier molecular flexibility index (Phi) is 4.90. The number of nitrogens with zero attached hydrogens (tertiary/aromatic N) is 1. The van der Waals surface area contributed by atoms with E-state index >= 15 is 0 Å². The second-order valence-corrected chi connectivity index (χ2v) is 5.41. The molecule has 0 aliphatic rings. The van der Waals surface area contributed by atoms with Gasteiger partial charge in [-0.15, -0.1) is 0 Å². The molecule has 130 valence electrons. The van der Waals surface area contributed by atoms with E-state index in [-0.39, 0.29) is 0 Å². The minimum atomic E-state index is -0.904. The molecule has 3 rings (SSSR count). The standard InChI is InChI=1S/C19H20N2O4/c1-23-15-9-13(10-16(24-2)18(15)25-3)17(22)14-11-20-19(21-14)12-7-5-4-6-8-12/h4-11,17,22H,1-3H3,(H,20,21). The number of hydrogen-bond donors (Lipinski definition) is 2. The number of nitrogens with one attached hydrogen (secondary N) is 1. The van der Waals surface area contributed by atoms with Crippen LogP contribution in [0.15, 0.2) is 48.7 Å². The predicted molar refractivity (Wildman–Crippen MR) is 94.2 cm³/mol. The van der Waals surface area contributed by atoms with Gasteiger partial charge in [0.1, 0.15) is 11.9 Å². The first-order chi connectivity index (χ1) is 12.2.